The molecule has 2 heterocycles. The number of hydrogen-bond acceptors (Lipinski definition) is 6. The van der Waals surface area contributed by atoms with Gasteiger partial charge in [-0.25, -0.2) is 0 Å². The van der Waals surface area contributed by atoms with Crippen molar-refractivity contribution in [3.05, 3.63) is 63.5 Å². The van der Waals surface area contributed by atoms with Crippen LogP contribution in [0.1, 0.15) is 85.3 Å². The summed E-state index contributed by atoms with van der Waals surface area (Å²) >= 11 is 3.17. The molecule has 0 bridgehead atoms. The number of carbonyl (C=O) groups excluding carboxylic acids is 1. The Bertz CT molecular complexity index is 1300. The summed E-state index contributed by atoms with van der Waals surface area (Å²) in [4.78, 5) is 24.0. The molecule has 7 heteroatoms. The summed E-state index contributed by atoms with van der Waals surface area (Å²) in [6, 6.07) is 15.1. The Hall–Kier alpha value is -2.38. The van der Waals surface area contributed by atoms with Crippen LogP contribution in [0.25, 0.3) is 0 Å². The van der Waals surface area contributed by atoms with Gasteiger partial charge in [0.1, 0.15) is 10.7 Å². The molecule has 0 N–H and O–H groups in total. The lowest BCUT2D eigenvalue weighted by Crippen LogP contribution is -2.29. The Morgan fingerprint density at radius 2 is 1.65 bits per heavy atom. The zero-order valence-electron chi connectivity index (χ0n) is 25.5. The number of likely N-dealkylation sites (N-methyl/N-ethyl adjacent to an activating group) is 1. The van der Waals surface area contributed by atoms with Gasteiger partial charge >= 0.3 is 0 Å². The molecule has 4 rings (SSSR count). The number of amidine groups is 1. The second kappa shape index (κ2) is 12.6. The zero-order chi connectivity index (χ0) is 29.1. The van der Waals surface area contributed by atoms with E-state index in [0.717, 1.165) is 52.2 Å². The highest BCUT2D eigenvalue weighted by molar-refractivity contribution is 8.19. The first-order chi connectivity index (χ1) is 19.0. The maximum absolute atomic E-state index is 13.3. The topological polar surface area (TPSA) is 45.1 Å². The fraction of sp³-hybridized carbons (Fsp3) is 0.515. The number of fused-ring (bicyclic) bond motifs is 1. The lowest BCUT2D eigenvalue weighted by Gasteiger charge is -2.30. The van der Waals surface area contributed by atoms with Gasteiger partial charge in [-0.2, -0.15) is 0 Å². The molecule has 40 heavy (non-hydrogen) atoms. The number of para-hydroxylation sites is 1. The Morgan fingerprint density at radius 3 is 2.33 bits per heavy atom. The Morgan fingerprint density at radius 1 is 0.925 bits per heavy atom. The number of carbonyl (C=O) groups is 1. The van der Waals surface area contributed by atoms with Gasteiger partial charge in [0.15, 0.2) is 5.17 Å². The van der Waals surface area contributed by atoms with Crippen LogP contribution in [-0.2, 0) is 15.6 Å². The number of rotatable bonds is 11. The first-order valence-electron chi connectivity index (χ1n) is 14.6. The molecule has 5 nitrogen and oxygen atoms in total. The molecule has 2 aliphatic heterocycles. The summed E-state index contributed by atoms with van der Waals surface area (Å²) in [5.41, 5.74) is 4.01. The minimum atomic E-state index is 0.0518. The number of anilines is 1. The van der Waals surface area contributed by atoms with Crippen LogP contribution in [0.2, 0.25) is 0 Å². The number of unbranched alkanes of at least 4 members (excludes halogenated alkanes) is 1. The molecule has 1 amide bonds. The number of aliphatic imine (C=N–C) groups is 1. The number of hydrogen-bond donors (Lipinski definition) is 0. The Labute approximate surface area is 249 Å². The third kappa shape index (κ3) is 6.25. The van der Waals surface area contributed by atoms with Crippen molar-refractivity contribution in [2.45, 2.75) is 89.9 Å². The van der Waals surface area contributed by atoms with Crippen molar-refractivity contribution < 1.29 is 9.53 Å². The summed E-state index contributed by atoms with van der Waals surface area (Å²) < 4.78 is 6.35. The van der Waals surface area contributed by atoms with Gasteiger partial charge in [-0.3, -0.25) is 14.7 Å². The average molecular weight is 580 g/mol. The molecule has 216 valence electrons. The largest absolute Gasteiger partial charge is 0.493 e. The van der Waals surface area contributed by atoms with Gasteiger partial charge < -0.3 is 9.64 Å². The van der Waals surface area contributed by atoms with Crippen LogP contribution in [0.5, 0.6) is 5.75 Å². The fourth-order valence-electron chi connectivity index (χ4n) is 4.80. The minimum Gasteiger partial charge on any atom is -0.493 e. The highest BCUT2D eigenvalue weighted by Gasteiger charge is 2.38. The summed E-state index contributed by atoms with van der Waals surface area (Å²) in [7, 11) is 2.03. The van der Waals surface area contributed by atoms with Gasteiger partial charge in [-0.1, -0.05) is 77.6 Å². The van der Waals surface area contributed by atoms with E-state index in [4.69, 9.17) is 9.73 Å². The first-order valence-corrected chi connectivity index (χ1v) is 16.2. The van der Waals surface area contributed by atoms with Crippen LogP contribution in [-0.4, -0.2) is 42.7 Å². The van der Waals surface area contributed by atoms with Crippen LogP contribution in [0, 0.1) is 0 Å². The molecule has 0 aromatic heterocycles. The predicted octanol–water partition coefficient (Wildman–Crippen LogP) is 8.58. The van der Waals surface area contributed by atoms with Gasteiger partial charge in [-0.05, 0) is 79.0 Å². The lowest BCUT2D eigenvalue weighted by atomic mass is 9.76. The van der Waals surface area contributed by atoms with Crippen molar-refractivity contribution in [3.63, 3.8) is 0 Å². The molecule has 1 fully saturated rings. The van der Waals surface area contributed by atoms with E-state index in [1.165, 1.54) is 27.8 Å². The molecule has 0 spiro atoms. The molecular formula is C33H45N3O2S2. The van der Waals surface area contributed by atoms with E-state index in [1.54, 1.807) is 16.7 Å². The third-order valence-electron chi connectivity index (χ3n) is 8.43. The van der Waals surface area contributed by atoms with Gasteiger partial charge in [0.2, 0.25) is 0 Å². The van der Waals surface area contributed by atoms with Crippen LogP contribution in [0.15, 0.2) is 62.3 Å². The first kappa shape index (κ1) is 30.6. The SMILES string of the molecule is CCN1C(=O)/C(=C2/Sc3ccccc3N2C)SC1=NCCCCOc1ccc(C(C)(C)CC)cc1C(C)(C)CC. The summed E-state index contributed by atoms with van der Waals surface area (Å²) in [5.74, 6) is 1.05. The number of thioether (sulfide) groups is 2. The average Bonchev–Trinajstić information content (AvgIpc) is 3.45. The number of ether oxygens (including phenoxy) is 1. The van der Waals surface area contributed by atoms with Crippen molar-refractivity contribution in [1.29, 1.82) is 0 Å². The molecule has 2 aromatic rings. The minimum absolute atomic E-state index is 0.0518. The number of nitrogens with zero attached hydrogens (tertiary/aromatic N) is 3. The summed E-state index contributed by atoms with van der Waals surface area (Å²) in [6.45, 7) is 17.7. The van der Waals surface area contributed by atoms with Crippen molar-refractivity contribution in [3.8, 4) is 5.75 Å². The molecule has 0 atom stereocenters. The summed E-state index contributed by atoms with van der Waals surface area (Å²) in [6.07, 6.45) is 3.98. The Balaban J connectivity index is 1.37. The van der Waals surface area contributed by atoms with Crippen LogP contribution < -0.4 is 9.64 Å². The van der Waals surface area contributed by atoms with E-state index in [9.17, 15) is 4.79 Å². The maximum atomic E-state index is 13.3. The van der Waals surface area contributed by atoms with Crippen molar-refractivity contribution in [1.82, 2.24) is 4.90 Å². The fourth-order valence-corrected chi connectivity index (χ4v) is 7.22. The van der Waals surface area contributed by atoms with E-state index in [2.05, 4.69) is 76.8 Å². The van der Waals surface area contributed by atoms with E-state index in [1.807, 2.05) is 26.1 Å². The molecule has 2 aromatic carbocycles. The van der Waals surface area contributed by atoms with E-state index >= 15 is 0 Å². The van der Waals surface area contributed by atoms with Crippen LogP contribution in [0.4, 0.5) is 5.69 Å². The summed E-state index contributed by atoms with van der Waals surface area (Å²) in [5, 5.41) is 1.80. The van der Waals surface area contributed by atoms with Crippen molar-refractivity contribution >= 4 is 40.3 Å². The monoisotopic (exact) mass is 579 g/mol. The second-order valence-corrected chi connectivity index (χ2v) is 13.8. The molecule has 1 saturated heterocycles. The van der Waals surface area contributed by atoms with Gasteiger partial charge in [0, 0.05) is 30.6 Å². The smallest absolute Gasteiger partial charge is 0.269 e. The van der Waals surface area contributed by atoms with Crippen LogP contribution >= 0.6 is 23.5 Å². The molecule has 0 unspecified atom stereocenters. The van der Waals surface area contributed by atoms with Crippen LogP contribution in [0.3, 0.4) is 0 Å². The zero-order valence-corrected chi connectivity index (χ0v) is 27.1. The quantitative estimate of drug-likeness (QED) is 0.197. The normalized spacial score (nSPS) is 18.7. The molecule has 0 aliphatic carbocycles. The standard InChI is InChI=1S/C33H45N3O2S2/c1-9-32(4,5)23-18-19-26(24(22-23)33(6,7)10-2)38-21-15-14-20-34-31-36(11-3)29(37)28(40-31)30-35(8)25-16-12-13-17-27(25)39-30/h12-13,16-19,22H,9-11,14-15,20-21H2,1-8H3/b30-28-,34-31?. The van der Waals surface area contributed by atoms with Gasteiger partial charge in [-0.15, -0.1) is 0 Å². The molecule has 0 saturated carbocycles. The Kier molecular flexibility index (Phi) is 9.66. The molecular weight excluding hydrogens is 535 g/mol. The van der Waals surface area contributed by atoms with Crippen molar-refractivity contribution in [2.75, 3.05) is 31.6 Å². The van der Waals surface area contributed by atoms with E-state index in [0.29, 0.717) is 19.7 Å². The van der Waals surface area contributed by atoms with E-state index in [-0.39, 0.29) is 16.7 Å². The number of amides is 1. The highest BCUT2D eigenvalue weighted by Crippen LogP contribution is 2.49. The second-order valence-electron chi connectivity index (χ2n) is 11.8. The predicted molar refractivity (Wildman–Crippen MR) is 173 cm³/mol. The van der Waals surface area contributed by atoms with Gasteiger partial charge in [0.05, 0.1) is 17.3 Å². The van der Waals surface area contributed by atoms with Crippen molar-refractivity contribution in [2.24, 2.45) is 4.99 Å². The number of benzene rings is 2. The molecule has 0 radical (unpaired) electrons. The third-order valence-corrected chi connectivity index (χ3v) is 10.9. The lowest BCUT2D eigenvalue weighted by molar-refractivity contribution is -0.122. The highest BCUT2D eigenvalue weighted by atomic mass is 32.2. The van der Waals surface area contributed by atoms with E-state index < -0.39 is 0 Å². The molecule has 2 aliphatic rings. The maximum Gasteiger partial charge on any atom is 0.269 e. The van der Waals surface area contributed by atoms with Gasteiger partial charge in [0.25, 0.3) is 5.91 Å².